The van der Waals surface area contributed by atoms with Crippen LogP contribution < -0.4 is 10.1 Å². The van der Waals surface area contributed by atoms with Crippen molar-refractivity contribution in [3.05, 3.63) is 29.8 Å². The van der Waals surface area contributed by atoms with Gasteiger partial charge in [0.1, 0.15) is 11.3 Å². The number of amides is 1. The summed E-state index contributed by atoms with van der Waals surface area (Å²) in [4.78, 5) is 11.9. The van der Waals surface area contributed by atoms with Crippen LogP contribution in [0.25, 0.3) is 0 Å². The van der Waals surface area contributed by atoms with Gasteiger partial charge in [0.15, 0.2) is 0 Å². The molecule has 0 bridgehead atoms. The van der Waals surface area contributed by atoms with E-state index in [2.05, 4.69) is 11.4 Å². The average molecular weight is 288 g/mol. The van der Waals surface area contributed by atoms with Crippen LogP contribution >= 0.6 is 0 Å². The molecular weight excluding hydrogens is 268 g/mol. The van der Waals surface area contributed by atoms with Crippen molar-refractivity contribution in [2.75, 3.05) is 19.8 Å². The lowest BCUT2D eigenvalue weighted by Crippen LogP contribution is -2.51. The summed E-state index contributed by atoms with van der Waals surface area (Å²) in [5.41, 5.74) is 0.384. The molecule has 1 saturated heterocycles. The van der Waals surface area contributed by atoms with Gasteiger partial charge in [-0.2, -0.15) is 5.26 Å². The Morgan fingerprint density at radius 2 is 2.05 bits per heavy atom. The Morgan fingerprint density at radius 3 is 2.67 bits per heavy atom. The fourth-order valence-corrected chi connectivity index (χ4v) is 2.21. The molecule has 0 radical (unpaired) electrons. The molecular formula is C16H20N2O3. The van der Waals surface area contributed by atoms with E-state index in [-0.39, 0.29) is 12.3 Å². The smallest absolute Gasteiger partial charge is 0.224 e. The van der Waals surface area contributed by atoms with Gasteiger partial charge in [-0.1, -0.05) is 17.7 Å². The fourth-order valence-electron chi connectivity index (χ4n) is 2.21. The van der Waals surface area contributed by atoms with E-state index in [0.29, 0.717) is 32.7 Å². The highest BCUT2D eigenvalue weighted by Crippen LogP contribution is 2.19. The number of hydrogen-bond acceptors (Lipinski definition) is 4. The molecule has 0 atom stereocenters. The van der Waals surface area contributed by atoms with Gasteiger partial charge in [0.2, 0.25) is 5.91 Å². The normalized spacial score (nSPS) is 16.8. The van der Waals surface area contributed by atoms with Crippen LogP contribution in [-0.2, 0) is 9.53 Å². The number of rotatable bonds is 5. The first-order chi connectivity index (χ1) is 10.1. The standard InChI is InChI=1S/C16H20N2O3/c1-13-2-4-14(5-3-13)21-9-6-15(19)18-16(12-17)7-10-20-11-8-16/h2-5H,6-11H2,1H3,(H,18,19). The quantitative estimate of drug-likeness (QED) is 0.899. The van der Waals surface area contributed by atoms with Gasteiger partial charge in [0.05, 0.1) is 19.1 Å². The first-order valence-electron chi connectivity index (χ1n) is 7.13. The maximum Gasteiger partial charge on any atom is 0.224 e. The number of benzene rings is 1. The van der Waals surface area contributed by atoms with Crippen LogP contribution in [-0.4, -0.2) is 31.3 Å². The fraction of sp³-hybridized carbons (Fsp3) is 0.500. The minimum Gasteiger partial charge on any atom is -0.493 e. The lowest BCUT2D eigenvalue weighted by Gasteiger charge is -2.31. The van der Waals surface area contributed by atoms with Gasteiger partial charge in [0, 0.05) is 26.1 Å². The van der Waals surface area contributed by atoms with Crippen molar-refractivity contribution in [1.29, 1.82) is 5.26 Å². The summed E-state index contributed by atoms with van der Waals surface area (Å²) >= 11 is 0. The predicted octanol–water partition coefficient (Wildman–Crippen LogP) is 1.95. The molecule has 112 valence electrons. The van der Waals surface area contributed by atoms with Crippen LogP contribution in [0, 0.1) is 18.3 Å². The average Bonchev–Trinajstić information content (AvgIpc) is 2.50. The molecule has 1 amide bonds. The molecule has 0 spiro atoms. The third-order valence-electron chi connectivity index (χ3n) is 3.56. The van der Waals surface area contributed by atoms with Crippen LogP contribution in [0.3, 0.4) is 0 Å². The van der Waals surface area contributed by atoms with Crippen LogP contribution in [0.1, 0.15) is 24.8 Å². The van der Waals surface area contributed by atoms with Crippen molar-refractivity contribution in [2.24, 2.45) is 0 Å². The molecule has 1 aliphatic rings. The lowest BCUT2D eigenvalue weighted by molar-refractivity contribution is -0.123. The molecule has 2 rings (SSSR count). The second kappa shape index (κ2) is 7.09. The maximum atomic E-state index is 11.9. The van der Waals surface area contributed by atoms with Gasteiger partial charge < -0.3 is 14.8 Å². The summed E-state index contributed by atoms with van der Waals surface area (Å²) in [6, 6.07) is 9.89. The van der Waals surface area contributed by atoms with E-state index < -0.39 is 5.54 Å². The Hall–Kier alpha value is -2.06. The van der Waals surface area contributed by atoms with Gasteiger partial charge in [-0.15, -0.1) is 0 Å². The molecule has 5 nitrogen and oxygen atoms in total. The van der Waals surface area contributed by atoms with Crippen molar-refractivity contribution in [3.63, 3.8) is 0 Å². The molecule has 1 aromatic carbocycles. The highest BCUT2D eigenvalue weighted by molar-refractivity contribution is 5.77. The third-order valence-corrected chi connectivity index (χ3v) is 3.56. The number of carbonyl (C=O) groups excluding carboxylic acids is 1. The van der Waals surface area contributed by atoms with E-state index in [1.54, 1.807) is 0 Å². The summed E-state index contributed by atoms with van der Waals surface area (Å²) in [6.07, 6.45) is 1.31. The molecule has 1 fully saturated rings. The second-order valence-electron chi connectivity index (χ2n) is 5.27. The number of nitrogens with zero attached hydrogens (tertiary/aromatic N) is 1. The van der Waals surface area contributed by atoms with E-state index in [4.69, 9.17) is 9.47 Å². The number of aryl methyl sites for hydroxylation is 1. The van der Waals surface area contributed by atoms with E-state index in [1.807, 2.05) is 31.2 Å². The molecule has 21 heavy (non-hydrogen) atoms. The molecule has 1 aromatic rings. The summed E-state index contributed by atoms with van der Waals surface area (Å²) < 4.78 is 10.7. The number of carbonyl (C=O) groups is 1. The zero-order chi connectivity index (χ0) is 15.1. The molecule has 1 heterocycles. The summed E-state index contributed by atoms with van der Waals surface area (Å²) in [5.74, 6) is 0.583. The van der Waals surface area contributed by atoms with Crippen molar-refractivity contribution in [2.45, 2.75) is 31.7 Å². The first kappa shape index (κ1) is 15.3. The lowest BCUT2D eigenvalue weighted by atomic mass is 9.91. The highest BCUT2D eigenvalue weighted by atomic mass is 16.5. The van der Waals surface area contributed by atoms with Crippen molar-refractivity contribution in [3.8, 4) is 11.8 Å². The summed E-state index contributed by atoms with van der Waals surface area (Å²) in [6.45, 7) is 3.32. The van der Waals surface area contributed by atoms with Crippen molar-refractivity contribution in [1.82, 2.24) is 5.32 Å². The van der Waals surface area contributed by atoms with Crippen molar-refractivity contribution >= 4 is 5.91 Å². The number of hydrogen-bond donors (Lipinski definition) is 1. The Kier molecular flexibility index (Phi) is 5.18. The minimum absolute atomic E-state index is 0.162. The maximum absolute atomic E-state index is 11.9. The Morgan fingerprint density at radius 1 is 1.38 bits per heavy atom. The molecule has 5 heteroatoms. The van der Waals surface area contributed by atoms with E-state index in [0.717, 1.165) is 11.3 Å². The van der Waals surface area contributed by atoms with Crippen molar-refractivity contribution < 1.29 is 14.3 Å². The molecule has 1 N–H and O–H groups in total. The summed E-state index contributed by atoms with van der Waals surface area (Å²) in [5, 5.41) is 12.1. The van der Waals surface area contributed by atoms with Gasteiger partial charge in [-0.25, -0.2) is 0 Å². The van der Waals surface area contributed by atoms with Crippen LogP contribution in [0.5, 0.6) is 5.75 Å². The molecule has 0 unspecified atom stereocenters. The molecule has 0 aromatic heterocycles. The van der Waals surface area contributed by atoms with Gasteiger partial charge in [-0.3, -0.25) is 4.79 Å². The zero-order valence-electron chi connectivity index (χ0n) is 12.2. The summed E-state index contributed by atoms with van der Waals surface area (Å²) in [7, 11) is 0. The highest BCUT2D eigenvalue weighted by Gasteiger charge is 2.33. The van der Waals surface area contributed by atoms with E-state index in [9.17, 15) is 10.1 Å². The SMILES string of the molecule is Cc1ccc(OCCC(=O)NC2(C#N)CCOCC2)cc1. The Bertz CT molecular complexity index is 513. The number of ether oxygens (including phenoxy) is 2. The molecule has 0 saturated carbocycles. The Balaban J connectivity index is 1.76. The van der Waals surface area contributed by atoms with Gasteiger partial charge >= 0.3 is 0 Å². The van der Waals surface area contributed by atoms with E-state index in [1.165, 1.54) is 0 Å². The largest absolute Gasteiger partial charge is 0.493 e. The number of nitrogens with one attached hydrogen (secondary N) is 1. The van der Waals surface area contributed by atoms with Crippen LogP contribution in [0.4, 0.5) is 0 Å². The monoisotopic (exact) mass is 288 g/mol. The third kappa shape index (κ3) is 4.47. The molecule has 1 aliphatic heterocycles. The van der Waals surface area contributed by atoms with Gasteiger partial charge in [-0.05, 0) is 19.1 Å². The van der Waals surface area contributed by atoms with Crippen LogP contribution in [0.15, 0.2) is 24.3 Å². The van der Waals surface area contributed by atoms with E-state index >= 15 is 0 Å². The minimum atomic E-state index is -0.779. The second-order valence-corrected chi connectivity index (χ2v) is 5.27. The topological polar surface area (TPSA) is 71.3 Å². The zero-order valence-corrected chi connectivity index (χ0v) is 12.2. The predicted molar refractivity (Wildman–Crippen MR) is 77.8 cm³/mol. The van der Waals surface area contributed by atoms with Gasteiger partial charge in [0.25, 0.3) is 0 Å². The number of nitriles is 1. The Labute approximate surface area is 124 Å². The van der Waals surface area contributed by atoms with Crippen LogP contribution in [0.2, 0.25) is 0 Å². The first-order valence-corrected chi connectivity index (χ1v) is 7.13. The molecule has 0 aliphatic carbocycles.